The van der Waals surface area contributed by atoms with Gasteiger partial charge in [0, 0.05) is 13.0 Å². The van der Waals surface area contributed by atoms with Crippen molar-refractivity contribution in [3.63, 3.8) is 0 Å². The average Bonchev–Trinajstić information content (AvgIpc) is 3.39. The van der Waals surface area contributed by atoms with Gasteiger partial charge in [0.15, 0.2) is 0 Å². The molecule has 1 atom stereocenters. The predicted molar refractivity (Wildman–Crippen MR) is 105 cm³/mol. The van der Waals surface area contributed by atoms with Crippen molar-refractivity contribution < 1.29 is 13.7 Å². The van der Waals surface area contributed by atoms with Gasteiger partial charge in [-0.15, -0.1) is 4.36 Å². The van der Waals surface area contributed by atoms with Gasteiger partial charge in [-0.05, 0) is 66.3 Å². The van der Waals surface area contributed by atoms with Gasteiger partial charge < -0.3 is 4.74 Å². The fourth-order valence-corrected chi connectivity index (χ4v) is 5.86. The molecule has 0 saturated heterocycles. The van der Waals surface area contributed by atoms with E-state index in [4.69, 9.17) is 9.88 Å². The highest BCUT2D eigenvalue weighted by Crippen LogP contribution is 2.35. The topological polar surface area (TPSA) is 99.6 Å². The first-order valence-electron chi connectivity index (χ1n) is 9.94. The van der Waals surface area contributed by atoms with E-state index in [-0.39, 0.29) is 11.3 Å². The third kappa shape index (κ3) is 2.95. The van der Waals surface area contributed by atoms with Gasteiger partial charge in [-0.25, -0.2) is 14.0 Å². The Morgan fingerprint density at radius 2 is 1.89 bits per heavy atom. The number of amides is 1. The number of rotatable bonds is 3. The fraction of sp³-hybridized carbons (Fsp3) is 0.500. The van der Waals surface area contributed by atoms with Gasteiger partial charge in [0.2, 0.25) is 5.88 Å². The normalized spacial score (nSPS) is 19.3. The average molecular weight is 401 g/mol. The number of carbonyl (C=O) groups is 1. The highest BCUT2D eigenvalue weighted by Gasteiger charge is 2.27. The van der Waals surface area contributed by atoms with Crippen molar-refractivity contribution in [3.05, 3.63) is 40.1 Å². The van der Waals surface area contributed by atoms with E-state index in [1.165, 1.54) is 28.5 Å². The molecular formula is C20H24N4O3S. The minimum atomic E-state index is -3.39. The molecule has 148 valence electrons. The minimum absolute atomic E-state index is 0.171. The lowest BCUT2D eigenvalue weighted by Crippen LogP contribution is -2.20. The Kier molecular flexibility index (Phi) is 4.28. The van der Waals surface area contributed by atoms with Crippen molar-refractivity contribution in [2.45, 2.75) is 62.8 Å². The van der Waals surface area contributed by atoms with E-state index in [1.807, 2.05) is 0 Å². The number of aromatic nitrogens is 2. The van der Waals surface area contributed by atoms with Crippen molar-refractivity contribution in [1.29, 1.82) is 0 Å². The molecule has 0 spiro atoms. The Balaban J connectivity index is 1.49. The molecular weight excluding hydrogens is 376 g/mol. The summed E-state index contributed by atoms with van der Waals surface area (Å²) >= 11 is 0. The second-order valence-corrected chi connectivity index (χ2v) is 9.57. The zero-order chi connectivity index (χ0) is 19.3. The Hall–Kier alpha value is -2.19. The summed E-state index contributed by atoms with van der Waals surface area (Å²) in [6.45, 7) is 1.20. The second-order valence-electron chi connectivity index (χ2n) is 7.81. The van der Waals surface area contributed by atoms with Gasteiger partial charge in [0.1, 0.15) is 14.8 Å². The van der Waals surface area contributed by atoms with Crippen molar-refractivity contribution >= 4 is 15.8 Å². The molecule has 28 heavy (non-hydrogen) atoms. The maximum Gasteiger partial charge on any atom is 0.259 e. The summed E-state index contributed by atoms with van der Waals surface area (Å²) in [6.07, 6.45) is 8.85. The summed E-state index contributed by atoms with van der Waals surface area (Å²) in [5.41, 5.74) is 6.46. The highest BCUT2D eigenvalue weighted by molar-refractivity contribution is 7.91. The highest BCUT2D eigenvalue weighted by atomic mass is 32.2. The number of ether oxygens (including phenoxy) is 1. The molecule has 2 aliphatic carbocycles. The van der Waals surface area contributed by atoms with Crippen LogP contribution >= 0.6 is 0 Å². The van der Waals surface area contributed by atoms with Crippen LogP contribution in [0.3, 0.4) is 0 Å². The van der Waals surface area contributed by atoms with Crippen LogP contribution < -0.4 is 9.88 Å². The number of benzene rings is 1. The molecule has 7 nitrogen and oxygen atoms in total. The van der Waals surface area contributed by atoms with E-state index in [0.29, 0.717) is 19.0 Å². The molecule has 2 N–H and O–H groups in total. The van der Waals surface area contributed by atoms with Crippen LogP contribution in [0.15, 0.2) is 21.5 Å². The zero-order valence-electron chi connectivity index (χ0n) is 15.8. The largest absolute Gasteiger partial charge is 0.477 e. The Labute approximate surface area is 164 Å². The molecule has 1 amide bonds. The predicted octanol–water partition coefficient (Wildman–Crippen LogP) is 2.11. The molecule has 0 fully saturated rings. The van der Waals surface area contributed by atoms with Crippen molar-refractivity contribution in [3.8, 4) is 5.88 Å². The molecule has 8 heteroatoms. The molecule has 2 heterocycles. The van der Waals surface area contributed by atoms with Gasteiger partial charge in [-0.2, -0.15) is 5.10 Å². The zero-order valence-corrected chi connectivity index (χ0v) is 16.6. The van der Waals surface area contributed by atoms with Gasteiger partial charge in [-0.1, -0.05) is 6.07 Å². The quantitative estimate of drug-likeness (QED) is 0.853. The summed E-state index contributed by atoms with van der Waals surface area (Å²) in [5.74, 6) is -0.0607. The third-order valence-electron chi connectivity index (χ3n) is 5.99. The number of carbonyl (C=O) groups excluding carboxylic acids is 1. The van der Waals surface area contributed by atoms with Gasteiger partial charge in [0.05, 0.1) is 19.2 Å². The third-order valence-corrected chi connectivity index (χ3v) is 7.38. The van der Waals surface area contributed by atoms with E-state index < -0.39 is 15.8 Å². The molecule has 1 aromatic carbocycles. The first-order chi connectivity index (χ1) is 13.5. The van der Waals surface area contributed by atoms with Crippen molar-refractivity contribution in [1.82, 2.24) is 9.78 Å². The Morgan fingerprint density at radius 1 is 1.18 bits per heavy atom. The maximum atomic E-state index is 13.0. The maximum absolute atomic E-state index is 13.0. The van der Waals surface area contributed by atoms with E-state index in [0.717, 1.165) is 50.5 Å². The summed E-state index contributed by atoms with van der Waals surface area (Å²) in [5, 5.41) is 10.2. The lowest BCUT2D eigenvalue weighted by atomic mass is 9.92. The molecule has 1 aromatic heterocycles. The van der Waals surface area contributed by atoms with E-state index in [9.17, 15) is 9.00 Å². The minimum Gasteiger partial charge on any atom is -0.477 e. The summed E-state index contributed by atoms with van der Waals surface area (Å²) in [4.78, 5) is 13.0. The molecule has 5 rings (SSSR count). The first-order valence-corrected chi connectivity index (χ1v) is 11.5. The molecule has 1 unspecified atom stereocenters. The molecule has 0 saturated carbocycles. The smallest absolute Gasteiger partial charge is 0.259 e. The van der Waals surface area contributed by atoms with E-state index in [2.05, 4.69) is 15.5 Å². The van der Waals surface area contributed by atoms with Gasteiger partial charge >= 0.3 is 0 Å². The molecule has 1 aliphatic heterocycles. The number of nitrogens with zero attached hydrogens (tertiary/aromatic N) is 3. The Morgan fingerprint density at radius 3 is 2.61 bits per heavy atom. The number of fused-ring (bicyclic) bond motifs is 3. The van der Waals surface area contributed by atoms with Crippen LogP contribution in [0, 0.1) is 0 Å². The van der Waals surface area contributed by atoms with Crippen LogP contribution in [0.1, 0.15) is 47.1 Å². The summed E-state index contributed by atoms with van der Waals surface area (Å²) in [6, 6.07) is 2.33. The SMILES string of the molecule is NS(=O)(=NC(=O)Cc1c2c(cc3c1CCC3)CCC2)c1cnn2c1OCCC2. The monoisotopic (exact) mass is 400 g/mol. The Bertz CT molecular complexity index is 1060. The number of nitrogens with two attached hydrogens (primary N) is 1. The standard InChI is InChI=1S/C20H24N4O3S/c21-28(26,18-12-22-24-8-3-9-27-20(18)24)23-19(25)11-17-15-6-1-4-13(15)10-14-5-2-7-16(14)17/h10,12H,1-9,11H2,(H2,21,23,25,26). The van der Waals surface area contributed by atoms with Crippen LogP contribution in [0.25, 0.3) is 0 Å². The fourth-order valence-electron chi connectivity index (χ4n) is 4.78. The second kappa shape index (κ2) is 6.70. The first kappa shape index (κ1) is 17.9. The number of hydrogen-bond acceptors (Lipinski definition) is 4. The number of aryl methyl sites for hydroxylation is 3. The number of hydrogen-bond donors (Lipinski definition) is 1. The van der Waals surface area contributed by atoms with Crippen LogP contribution in [-0.4, -0.2) is 26.5 Å². The lowest BCUT2D eigenvalue weighted by molar-refractivity contribution is -0.117. The van der Waals surface area contributed by atoms with Gasteiger partial charge in [0.25, 0.3) is 5.91 Å². The van der Waals surface area contributed by atoms with E-state index >= 15 is 0 Å². The van der Waals surface area contributed by atoms with Crippen molar-refractivity contribution in [2.24, 2.45) is 9.50 Å². The molecule has 3 aliphatic rings. The van der Waals surface area contributed by atoms with Crippen LogP contribution in [0.5, 0.6) is 5.88 Å². The lowest BCUT2D eigenvalue weighted by Gasteiger charge is -2.16. The van der Waals surface area contributed by atoms with E-state index in [1.54, 1.807) is 4.68 Å². The van der Waals surface area contributed by atoms with Crippen LogP contribution in [0.2, 0.25) is 0 Å². The van der Waals surface area contributed by atoms with Crippen molar-refractivity contribution in [2.75, 3.05) is 6.61 Å². The van der Waals surface area contributed by atoms with Crippen LogP contribution in [0.4, 0.5) is 0 Å². The van der Waals surface area contributed by atoms with Crippen LogP contribution in [-0.2, 0) is 53.4 Å². The van der Waals surface area contributed by atoms with Gasteiger partial charge in [-0.3, -0.25) is 4.79 Å². The molecule has 2 aromatic rings. The summed E-state index contributed by atoms with van der Waals surface area (Å²) < 4.78 is 24.2. The molecule has 0 radical (unpaired) electrons. The summed E-state index contributed by atoms with van der Waals surface area (Å²) in [7, 11) is -3.39. The molecule has 0 bridgehead atoms.